The van der Waals surface area contributed by atoms with E-state index in [1.807, 2.05) is 13.8 Å². The number of ether oxygens (including phenoxy) is 3. The van der Waals surface area contributed by atoms with Crippen LogP contribution in [0, 0.1) is 5.92 Å². The van der Waals surface area contributed by atoms with Crippen LogP contribution >= 0.6 is 0 Å². The number of benzene rings is 1. The molecule has 0 saturated heterocycles. The summed E-state index contributed by atoms with van der Waals surface area (Å²) in [6, 6.07) is 4.11. The third-order valence-electron chi connectivity index (χ3n) is 4.87. The lowest BCUT2D eigenvalue weighted by molar-refractivity contribution is -0.0515. The van der Waals surface area contributed by atoms with Gasteiger partial charge in [-0.25, -0.2) is 4.79 Å². The Labute approximate surface area is 177 Å². The minimum Gasteiger partial charge on any atom is -0.490 e. The summed E-state index contributed by atoms with van der Waals surface area (Å²) < 4.78 is 42.9. The zero-order chi connectivity index (χ0) is 22.7. The number of rotatable bonds is 9. The molecule has 1 atom stereocenters. The van der Waals surface area contributed by atoms with E-state index < -0.39 is 18.0 Å². The summed E-state index contributed by atoms with van der Waals surface area (Å²) in [5.41, 5.74) is 0.329. The van der Waals surface area contributed by atoms with Crippen LogP contribution in [-0.2, 0) is 4.74 Å². The Morgan fingerprint density at radius 1 is 1.23 bits per heavy atom. The molecule has 8 nitrogen and oxygen atoms in total. The van der Waals surface area contributed by atoms with Crippen LogP contribution < -0.4 is 20.2 Å². The molecule has 2 aromatic rings. The Balaban J connectivity index is 2.13. The molecule has 168 valence electrons. The molecule has 3 rings (SSSR count). The fourth-order valence-electron chi connectivity index (χ4n) is 3.45. The van der Waals surface area contributed by atoms with Gasteiger partial charge in [-0.3, -0.25) is 4.79 Å². The summed E-state index contributed by atoms with van der Waals surface area (Å²) in [5, 5.41) is 12.6. The largest absolute Gasteiger partial charge is 0.490 e. The fourth-order valence-corrected chi connectivity index (χ4v) is 3.45. The number of carboxylic acid groups (broad SMARTS) is 1. The standard InChI is InChI=1S/C21H24F2N2O6/c1-11(2)19-24-14-8-17(30-6-4-5-29-3)18(31-21(22)23)7-12(14)15-9-16(26)13(20(27)28)10-25(15)19/h7-11,19,21,24H,4-6H2,1-3H3,(H,27,28). The van der Waals surface area contributed by atoms with E-state index in [0.717, 1.165) is 0 Å². The fraction of sp³-hybridized carbons (Fsp3) is 0.429. The average Bonchev–Trinajstić information content (AvgIpc) is 2.69. The molecule has 1 unspecified atom stereocenters. The molecule has 0 saturated carbocycles. The molecule has 1 aliphatic rings. The number of carbonyl (C=O) groups is 1. The number of carboxylic acids is 1. The van der Waals surface area contributed by atoms with Crippen molar-refractivity contribution in [3.63, 3.8) is 0 Å². The highest BCUT2D eigenvalue weighted by molar-refractivity contribution is 5.89. The van der Waals surface area contributed by atoms with E-state index in [2.05, 4.69) is 10.1 Å². The quantitative estimate of drug-likeness (QED) is 0.575. The average molecular weight is 438 g/mol. The highest BCUT2D eigenvalue weighted by Gasteiger charge is 2.29. The first-order valence-electron chi connectivity index (χ1n) is 9.74. The van der Waals surface area contributed by atoms with Crippen LogP contribution in [-0.4, -0.2) is 42.6 Å². The molecule has 0 radical (unpaired) electrons. The Hall–Kier alpha value is -3.14. The number of halogens is 2. The minimum absolute atomic E-state index is 0.0131. The molecule has 0 aliphatic carbocycles. The van der Waals surface area contributed by atoms with Gasteiger partial charge in [-0.1, -0.05) is 13.8 Å². The Morgan fingerprint density at radius 2 is 1.97 bits per heavy atom. The third kappa shape index (κ3) is 4.79. The molecule has 1 aromatic carbocycles. The maximum absolute atomic E-state index is 13.0. The lowest BCUT2D eigenvalue weighted by Crippen LogP contribution is -2.31. The lowest BCUT2D eigenvalue weighted by atomic mass is 9.99. The number of nitrogens with zero attached hydrogens (tertiary/aromatic N) is 1. The summed E-state index contributed by atoms with van der Waals surface area (Å²) in [5.74, 6) is -1.38. The van der Waals surface area contributed by atoms with Crippen molar-refractivity contribution in [1.82, 2.24) is 4.57 Å². The summed E-state index contributed by atoms with van der Waals surface area (Å²) >= 11 is 0. The second-order valence-electron chi connectivity index (χ2n) is 7.40. The molecular formula is C21H24F2N2O6. The molecular weight excluding hydrogens is 414 g/mol. The monoisotopic (exact) mass is 438 g/mol. The van der Waals surface area contributed by atoms with Crippen LogP contribution in [0.25, 0.3) is 11.3 Å². The van der Waals surface area contributed by atoms with Gasteiger partial charge in [0.2, 0.25) is 0 Å². The van der Waals surface area contributed by atoms with Gasteiger partial charge in [0.25, 0.3) is 0 Å². The molecule has 10 heteroatoms. The van der Waals surface area contributed by atoms with Gasteiger partial charge in [0.15, 0.2) is 16.9 Å². The molecule has 2 heterocycles. The Bertz CT molecular complexity index is 1020. The number of methoxy groups -OCH3 is 1. The number of pyridine rings is 1. The number of hydrogen-bond donors (Lipinski definition) is 2. The first-order valence-corrected chi connectivity index (χ1v) is 9.74. The zero-order valence-electron chi connectivity index (χ0n) is 17.4. The molecule has 31 heavy (non-hydrogen) atoms. The summed E-state index contributed by atoms with van der Waals surface area (Å²) in [7, 11) is 1.55. The summed E-state index contributed by atoms with van der Waals surface area (Å²) in [6.07, 6.45) is 1.45. The Morgan fingerprint density at radius 3 is 2.58 bits per heavy atom. The second kappa shape index (κ2) is 9.34. The van der Waals surface area contributed by atoms with Crippen LogP contribution in [0.4, 0.5) is 14.5 Å². The first-order chi connectivity index (χ1) is 14.7. The van der Waals surface area contributed by atoms with E-state index in [9.17, 15) is 23.5 Å². The van der Waals surface area contributed by atoms with Crippen molar-refractivity contribution in [2.45, 2.75) is 33.0 Å². The summed E-state index contributed by atoms with van der Waals surface area (Å²) in [4.78, 5) is 23.8. The van der Waals surface area contributed by atoms with Gasteiger partial charge < -0.3 is 29.2 Å². The number of aromatic nitrogens is 1. The maximum Gasteiger partial charge on any atom is 0.387 e. The van der Waals surface area contributed by atoms with Gasteiger partial charge in [0, 0.05) is 49.7 Å². The van der Waals surface area contributed by atoms with Crippen molar-refractivity contribution >= 4 is 11.7 Å². The van der Waals surface area contributed by atoms with Gasteiger partial charge in [-0.15, -0.1) is 0 Å². The van der Waals surface area contributed by atoms with E-state index in [4.69, 9.17) is 9.47 Å². The third-order valence-corrected chi connectivity index (χ3v) is 4.87. The molecule has 0 spiro atoms. The van der Waals surface area contributed by atoms with Gasteiger partial charge in [0.1, 0.15) is 11.7 Å². The van der Waals surface area contributed by atoms with Gasteiger partial charge >= 0.3 is 12.6 Å². The van der Waals surface area contributed by atoms with Crippen LogP contribution in [0.2, 0.25) is 0 Å². The van der Waals surface area contributed by atoms with Gasteiger partial charge in [-0.2, -0.15) is 8.78 Å². The van der Waals surface area contributed by atoms with Crippen LogP contribution in [0.3, 0.4) is 0 Å². The predicted octanol–water partition coefficient (Wildman–Crippen LogP) is 3.81. The predicted molar refractivity (Wildman–Crippen MR) is 109 cm³/mol. The number of aromatic carboxylic acids is 1. The molecule has 0 amide bonds. The normalized spacial score (nSPS) is 14.7. The number of hydrogen-bond acceptors (Lipinski definition) is 6. The van der Waals surface area contributed by atoms with Crippen LogP contribution in [0.15, 0.2) is 29.2 Å². The van der Waals surface area contributed by atoms with Crippen LogP contribution in [0.5, 0.6) is 11.5 Å². The second-order valence-corrected chi connectivity index (χ2v) is 7.40. The van der Waals surface area contributed by atoms with Crippen LogP contribution in [0.1, 0.15) is 36.8 Å². The van der Waals surface area contributed by atoms with E-state index in [1.165, 1.54) is 18.3 Å². The Kier molecular flexibility index (Phi) is 6.79. The van der Waals surface area contributed by atoms with E-state index in [0.29, 0.717) is 30.0 Å². The number of fused-ring (bicyclic) bond motifs is 3. The SMILES string of the molecule is COCCCOc1cc2c(cc1OC(F)F)-c1cc(=O)c(C(=O)O)cn1C(C(C)C)N2. The van der Waals surface area contributed by atoms with Crippen molar-refractivity contribution in [2.75, 3.05) is 25.6 Å². The number of anilines is 1. The van der Waals surface area contributed by atoms with Crippen molar-refractivity contribution in [1.29, 1.82) is 0 Å². The number of alkyl halides is 2. The van der Waals surface area contributed by atoms with E-state index in [1.54, 1.807) is 17.7 Å². The molecule has 2 N–H and O–H groups in total. The lowest BCUT2D eigenvalue weighted by Gasteiger charge is -2.35. The number of nitrogens with one attached hydrogen (secondary N) is 1. The van der Waals surface area contributed by atoms with Crippen molar-refractivity contribution in [3.8, 4) is 22.8 Å². The highest BCUT2D eigenvalue weighted by Crippen LogP contribution is 2.44. The first kappa shape index (κ1) is 22.5. The highest BCUT2D eigenvalue weighted by atomic mass is 19.3. The van der Waals surface area contributed by atoms with Crippen molar-refractivity contribution in [2.24, 2.45) is 5.92 Å². The topological polar surface area (TPSA) is 99.0 Å². The van der Waals surface area contributed by atoms with E-state index in [-0.39, 0.29) is 35.8 Å². The van der Waals surface area contributed by atoms with E-state index >= 15 is 0 Å². The smallest absolute Gasteiger partial charge is 0.387 e. The molecule has 0 bridgehead atoms. The van der Waals surface area contributed by atoms with Crippen molar-refractivity contribution < 1.29 is 32.9 Å². The van der Waals surface area contributed by atoms with Gasteiger partial charge in [-0.05, 0) is 12.0 Å². The molecule has 1 aromatic heterocycles. The summed E-state index contributed by atoms with van der Waals surface area (Å²) in [6.45, 7) is 1.47. The molecule has 0 fully saturated rings. The zero-order valence-corrected chi connectivity index (χ0v) is 17.4. The molecule has 1 aliphatic heterocycles. The minimum atomic E-state index is -3.07. The maximum atomic E-state index is 13.0. The van der Waals surface area contributed by atoms with Gasteiger partial charge in [0.05, 0.1) is 12.3 Å². The van der Waals surface area contributed by atoms with Crippen molar-refractivity contribution in [3.05, 3.63) is 40.2 Å².